The van der Waals surface area contributed by atoms with Crippen molar-refractivity contribution >= 4 is 17.7 Å². The van der Waals surface area contributed by atoms with Crippen molar-refractivity contribution < 1.29 is 18.8 Å². The fourth-order valence-electron chi connectivity index (χ4n) is 5.98. The first-order chi connectivity index (χ1) is 17.0. The van der Waals surface area contributed by atoms with E-state index in [1.54, 1.807) is 23.1 Å². The standard InChI is InChI=1S/C27H29FN4O3/c28-23-8-5-15(10-24-20-3-1-2-4-21(20)26(34)31-30-24)9-22(23)27(35)32-13-17-11-19(12-18(17)14-32)29-25(33)16-6-7-16/h1-5,8-9,16-19,24,30H,6-7,10-14H2,(H,29,33)(H,31,34). The number of nitrogens with zero attached hydrogens (tertiary/aromatic N) is 1. The maximum Gasteiger partial charge on any atom is 0.265 e. The molecule has 2 aromatic carbocycles. The second kappa shape index (κ2) is 8.75. The molecule has 2 aliphatic carbocycles. The number of fused-ring (bicyclic) bond motifs is 2. The van der Waals surface area contributed by atoms with Crippen LogP contribution in [0.5, 0.6) is 0 Å². The van der Waals surface area contributed by atoms with Gasteiger partial charge in [-0.15, -0.1) is 0 Å². The maximum atomic E-state index is 14.8. The van der Waals surface area contributed by atoms with Crippen molar-refractivity contribution in [2.75, 3.05) is 13.1 Å². The van der Waals surface area contributed by atoms with Gasteiger partial charge in [-0.1, -0.05) is 24.3 Å². The lowest BCUT2D eigenvalue weighted by atomic mass is 9.93. The topological polar surface area (TPSA) is 90.5 Å². The zero-order valence-electron chi connectivity index (χ0n) is 19.4. The molecule has 2 aromatic rings. The molecule has 2 aliphatic heterocycles. The minimum absolute atomic E-state index is 0.0918. The molecule has 0 bridgehead atoms. The van der Waals surface area contributed by atoms with Crippen LogP contribution >= 0.6 is 0 Å². The Bertz CT molecular complexity index is 1180. The smallest absolute Gasteiger partial charge is 0.265 e. The van der Waals surface area contributed by atoms with Gasteiger partial charge in [0, 0.05) is 30.6 Å². The first kappa shape index (κ1) is 22.2. The van der Waals surface area contributed by atoms with Crippen molar-refractivity contribution in [1.29, 1.82) is 0 Å². The molecule has 35 heavy (non-hydrogen) atoms. The first-order valence-electron chi connectivity index (χ1n) is 12.5. The van der Waals surface area contributed by atoms with E-state index in [1.807, 2.05) is 18.2 Å². The van der Waals surface area contributed by atoms with E-state index < -0.39 is 5.82 Å². The molecule has 2 heterocycles. The zero-order chi connectivity index (χ0) is 24.1. The van der Waals surface area contributed by atoms with Gasteiger partial charge >= 0.3 is 0 Å². The third kappa shape index (κ3) is 4.31. The number of benzene rings is 2. The normalized spacial score (nSPS) is 27.2. The quantitative estimate of drug-likeness (QED) is 0.619. The number of nitrogens with one attached hydrogen (secondary N) is 3. The fourth-order valence-corrected chi connectivity index (χ4v) is 5.98. The van der Waals surface area contributed by atoms with Crippen molar-refractivity contribution in [3.63, 3.8) is 0 Å². The molecule has 6 rings (SSSR count). The van der Waals surface area contributed by atoms with Crippen molar-refractivity contribution in [1.82, 2.24) is 21.1 Å². The van der Waals surface area contributed by atoms with Gasteiger partial charge in [0.15, 0.2) is 0 Å². The van der Waals surface area contributed by atoms with Crippen LogP contribution in [0.15, 0.2) is 42.5 Å². The van der Waals surface area contributed by atoms with Gasteiger partial charge in [-0.2, -0.15) is 0 Å². The first-order valence-corrected chi connectivity index (χ1v) is 12.5. The molecule has 7 nitrogen and oxygen atoms in total. The SMILES string of the molecule is O=C1NNC(Cc2ccc(F)c(C(=O)N3CC4CC(NC(=O)C5CC5)CC4C3)c2)c2ccccc21. The number of hydrogen-bond acceptors (Lipinski definition) is 4. The molecule has 3 amide bonds. The van der Waals surface area contributed by atoms with Gasteiger partial charge in [0.1, 0.15) is 5.82 Å². The molecule has 1 saturated heterocycles. The van der Waals surface area contributed by atoms with Gasteiger partial charge in [-0.3, -0.25) is 19.8 Å². The van der Waals surface area contributed by atoms with Crippen molar-refractivity contribution in [2.45, 2.75) is 44.2 Å². The van der Waals surface area contributed by atoms with E-state index in [4.69, 9.17) is 0 Å². The van der Waals surface area contributed by atoms with E-state index in [2.05, 4.69) is 16.2 Å². The average molecular weight is 477 g/mol. The van der Waals surface area contributed by atoms with Crippen LogP contribution in [0.4, 0.5) is 4.39 Å². The highest BCUT2D eigenvalue weighted by molar-refractivity contribution is 5.96. The van der Waals surface area contributed by atoms with E-state index in [0.717, 1.165) is 36.8 Å². The Morgan fingerprint density at radius 3 is 2.54 bits per heavy atom. The third-order valence-corrected chi connectivity index (χ3v) is 7.97. The van der Waals surface area contributed by atoms with E-state index >= 15 is 0 Å². The van der Waals surface area contributed by atoms with Crippen molar-refractivity contribution in [2.24, 2.45) is 17.8 Å². The van der Waals surface area contributed by atoms with Crippen LogP contribution in [-0.4, -0.2) is 41.8 Å². The fraction of sp³-hybridized carbons (Fsp3) is 0.444. The molecule has 4 aliphatic rings. The van der Waals surface area contributed by atoms with Gasteiger partial charge in [0.25, 0.3) is 11.8 Å². The summed E-state index contributed by atoms with van der Waals surface area (Å²) in [4.78, 5) is 39.3. The lowest BCUT2D eigenvalue weighted by Crippen LogP contribution is -2.46. The molecule has 3 N–H and O–H groups in total. The third-order valence-electron chi connectivity index (χ3n) is 7.97. The van der Waals surface area contributed by atoms with Gasteiger partial charge in [0.05, 0.1) is 11.6 Å². The Labute approximate surface area is 203 Å². The van der Waals surface area contributed by atoms with E-state index in [-0.39, 0.29) is 41.3 Å². The molecule has 2 saturated carbocycles. The number of amides is 3. The lowest BCUT2D eigenvalue weighted by Gasteiger charge is -2.27. The predicted octanol–water partition coefficient (Wildman–Crippen LogP) is 2.73. The second-order valence-electron chi connectivity index (χ2n) is 10.4. The van der Waals surface area contributed by atoms with Crippen LogP contribution in [-0.2, 0) is 11.2 Å². The Morgan fingerprint density at radius 2 is 1.80 bits per heavy atom. The number of carbonyl (C=O) groups is 3. The largest absolute Gasteiger partial charge is 0.353 e. The molecule has 3 unspecified atom stereocenters. The number of rotatable bonds is 5. The highest BCUT2D eigenvalue weighted by Gasteiger charge is 2.44. The van der Waals surface area contributed by atoms with Crippen LogP contribution in [0.2, 0.25) is 0 Å². The minimum atomic E-state index is -0.518. The Balaban J connectivity index is 1.12. The summed E-state index contributed by atoms with van der Waals surface area (Å²) in [7, 11) is 0. The van der Waals surface area contributed by atoms with Crippen LogP contribution in [0, 0.1) is 23.6 Å². The Kier molecular flexibility index (Phi) is 5.56. The number of halogens is 1. The van der Waals surface area contributed by atoms with E-state index in [1.165, 1.54) is 6.07 Å². The molecule has 182 valence electrons. The van der Waals surface area contributed by atoms with Gasteiger partial charge < -0.3 is 10.2 Å². The van der Waals surface area contributed by atoms with Crippen molar-refractivity contribution in [3.05, 3.63) is 70.5 Å². The molecule has 8 heteroatoms. The number of hydrogen-bond donors (Lipinski definition) is 3. The molecular formula is C27H29FN4O3. The van der Waals surface area contributed by atoms with Crippen LogP contribution in [0.3, 0.4) is 0 Å². The lowest BCUT2D eigenvalue weighted by molar-refractivity contribution is -0.123. The molecule has 0 spiro atoms. The molecular weight excluding hydrogens is 447 g/mol. The maximum absolute atomic E-state index is 14.8. The summed E-state index contributed by atoms with van der Waals surface area (Å²) >= 11 is 0. The summed E-state index contributed by atoms with van der Waals surface area (Å²) < 4.78 is 14.8. The van der Waals surface area contributed by atoms with Gasteiger partial charge in [0.2, 0.25) is 5.91 Å². The molecule has 0 radical (unpaired) electrons. The molecule has 3 fully saturated rings. The van der Waals surface area contributed by atoms with Crippen molar-refractivity contribution in [3.8, 4) is 0 Å². The van der Waals surface area contributed by atoms with Gasteiger partial charge in [-0.25, -0.2) is 9.82 Å². The Hall–Kier alpha value is -3.26. The minimum Gasteiger partial charge on any atom is -0.353 e. The highest BCUT2D eigenvalue weighted by Crippen LogP contribution is 2.39. The monoisotopic (exact) mass is 476 g/mol. The highest BCUT2D eigenvalue weighted by atomic mass is 19.1. The molecule has 3 atom stereocenters. The summed E-state index contributed by atoms with van der Waals surface area (Å²) in [6.45, 7) is 1.21. The van der Waals surface area contributed by atoms with E-state index in [0.29, 0.717) is 36.9 Å². The summed E-state index contributed by atoms with van der Waals surface area (Å²) in [5.74, 6) is 0.107. The van der Waals surface area contributed by atoms with Crippen LogP contribution in [0.1, 0.15) is 63.6 Å². The number of carbonyl (C=O) groups excluding carboxylic acids is 3. The van der Waals surface area contributed by atoms with Gasteiger partial charge in [-0.05, 0) is 73.3 Å². The van der Waals surface area contributed by atoms with E-state index in [9.17, 15) is 18.8 Å². The predicted molar refractivity (Wildman–Crippen MR) is 127 cm³/mol. The summed E-state index contributed by atoms with van der Waals surface area (Å²) in [5.41, 5.74) is 8.12. The van der Waals surface area contributed by atoms with Crippen LogP contribution < -0.4 is 16.2 Å². The average Bonchev–Trinajstić information content (AvgIpc) is 3.54. The Morgan fingerprint density at radius 1 is 1.06 bits per heavy atom. The summed E-state index contributed by atoms with van der Waals surface area (Å²) in [5, 5.41) is 3.18. The summed E-state index contributed by atoms with van der Waals surface area (Å²) in [6, 6.07) is 12.1. The number of likely N-dealkylation sites (tertiary alicyclic amines) is 1. The van der Waals surface area contributed by atoms with Crippen LogP contribution in [0.25, 0.3) is 0 Å². The zero-order valence-corrected chi connectivity index (χ0v) is 19.4. The number of hydrazine groups is 1. The molecule has 0 aromatic heterocycles. The summed E-state index contributed by atoms with van der Waals surface area (Å²) in [6.07, 6.45) is 4.26. The second-order valence-corrected chi connectivity index (χ2v) is 10.4.